The van der Waals surface area contributed by atoms with Gasteiger partial charge in [0.15, 0.2) is 18.0 Å². The predicted molar refractivity (Wildman–Crippen MR) is 248 cm³/mol. The molecule has 4 amide bonds. The SMILES string of the molecule is C#Cc1ccc(OCC(=O)O[C@](C)(CC)C(=O)[C@H](CC(C)C)NC(=O)[C@H](Cc2ccccc2)NC(=O)[C@H](CC(C)C)NC(=O)[C@H](CCc2ccccc2)NC(=O)CN2CCOCC2)cc1. The number of carbonyl (C=O) groups excluding carboxylic acids is 6. The minimum atomic E-state index is -1.62. The second-order valence-electron chi connectivity index (χ2n) is 17.5. The fraction of sp³-hybridized carbons (Fsp3) is 0.490. The molecule has 3 aromatic carbocycles. The van der Waals surface area contributed by atoms with Crippen molar-refractivity contribution >= 4 is 35.4 Å². The molecule has 0 bridgehead atoms. The summed E-state index contributed by atoms with van der Waals surface area (Å²) < 4.78 is 16.8. The van der Waals surface area contributed by atoms with Gasteiger partial charge in [0.05, 0.1) is 25.8 Å². The highest BCUT2D eigenvalue weighted by Crippen LogP contribution is 2.23. The van der Waals surface area contributed by atoms with Crippen LogP contribution in [0.1, 0.15) is 83.9 Å². The molecule has 1 saturated heterocycles. The number of ketones is 1. The minimum absolute atomic E-state index is 0.0481. The number of Topliss-reactive ketones (excluding diaryl/α,β-unsaturated/α-hetero) is 1. The third-order valence-corrected chi connectivity index (χ3v) is 11.2. The summed E-state index contributed by atoms with van der Waals surface area (Å²) in [6, 6.07) is 21.1. The Morgan fingerprint density at radius 1 is 0.723 bits per heavy atom. The van der Waals surface area contributed by atoms with Crippen molar-refractivity contribution in [1.29, 1.82) is 0 Å². The molecule has 1 aliphatic heterocycles. The first-order valence-electron chi connectivity index (χ1n) is 22.6. The summed E-state index contributed by atoms with van der Waals surface area (Å²) >= 11 is 0. The monoisotopic (exact) mass is 893 g/mol. The molecule has 1 heterocycles. The van der Waals surface area contributed by atoms with Crippen LogP contribution in [0.2, 0.25) is 0 Å². The lowest BCUT2D eigenvalue weighted by Crippen LogP contribution is -2.60. The summed E-state index contributed by atoms with van der Waals surface area (Å²) in [6.07, 6.45) is 6.85. The maximum Gasteiger partial charge on any atom is 0.345 e. The average molecular weight is 894 g/mol. The molecule has 0 aliphatic carbocycles. The minimum Gasteiger partial charge on any atom is -0.482 e. The molecule has 14 heteroatoms. The van der Waals surface area contributed by atoms with Crippen molar-refractivity contribution in [2.75, 3.05) is 39.5 Å². The number of aryl methyl sites for hydroxylation is 1. The van der Waals surface area contributed by atoms with Crippen molar-refractivity contribution in [3.8, 4) is 18.1 Å². The zero-order valence-electron chi connectivity index (χ0n) is 38.7. The predicted octanol–water partition coefficient (Wildman–Crippen LogP) is 4.57. The first-order chi connectivity index (χ1) is 31.1. The van der Waals surface area contributed by atoms with Gasteiger partial charge in [-0.15, -0.1) is 6.42 Å². The van der Waals surface area contributed by atoms with E-state index in [1.807, 2.05) is 93.3 Å². The Bertz CT molecular complexity index is 2050. The normalized spacial score (nSPS) is 15.6. The molecule has 0 spiro atoms. The number of carbonyl (C=O) groups is 6. The maximum atomic E-state index is 14.4. The van der Waals surface area contributed by atoms with E-state index in [4.69, 9.17) is 20.6 Å². The van der Waals surface area contributed by atoms with Crippen LogP contribution in [0, 0.1) is 24.2 Å². The van der Waals surface area contributed by atoms with Gasteiger partial charge in [-0.2, -0.15) is 0 Å². The molecule has 4 rings (SSSR count). The molecule has 0 unspecified atom stereocenters. The van der Waals surface area contributed by atoms with Crippen LogP contribution in [-0.4, -0.2) is 110 Å². The fourth-order valence-electron chi connectivity index (χ4n) is 7.44. The van der Waals surface area contributed by atoms with Crippen molar-refractivity contribution in [3.05, 3.63) is 102 Å². The van der Waals surface area contributed by atoms with E-state index in [0.717, 1.165) is 11.1 Å². The number of nitrogens with one attached hydrogen (secondary N) is 4. The van der Waals surface area contributed by atoms with E-state index in [0.29, 0.717) is 44.0 Å². The van der Waals surface area contributed by atoms with Crippen LogP contribution < -0.4 is 26.0 Å². The first kappa shape index (κ1) is 51.6. The standard InChI is InChI=1S/C51H67N5O9/c1-8-37-20-23-40(24-21-37)64-34-46(58)65-51(7,9-2)47(59)42(30-35(3)4)53-50(62)44(32-39-18-14-11-15-19-39)55-49(61)43(31-36(5)6)54-48(60)41(25-22-38-16-12-10-13-17-38)52-45(57)33-56-26-28-63-29-27-56/h1,10-21,23-24,35-36,41-44H,9,22,25-34H2,2-7H3,(H,52,57)(H,53,62)(H,54,60)(H,55,61)/t41-,42-,43-,44-,51+/m0/s1. The van der Waals surface area contributed by atoms with E-state index in [-0.39, 0.29) is 56.4 Å². The topological polar surface area (TPSA) is 181 Å². The van der Waals surface area contributed by atoms with Gasteiger partial charge < -0.3 is 35.5 Å². The van der Waals surface area contributed by atoms with Gasteiger partial charge in [-0.05, 0) is 86.3 Å². The summed E-state index contributed by atoms with van der Waals surface area (Å²) in [7, 11) is 0. The maximum absolute atomic E-state index is 14.4. The summed E-state index contributed by atoms with van der Waals surface area (Å²) in [4.78, 5) is 85.7. The van der Waals surface area contributed by atoms with Gasteiger partial charge in [-0.3, -0.25) is 28.9 Å². The van der Waals surface area contributed by atoms with E-state index in [9.17, 15) is 28.8 Å². The van der Waals surface area contributed by atoms with E-state index in [1.54, 1.807) is 31.2 Å². The van der Waals surface area contributed by atoms with Gasteiger partial charge in [0.2, 0.25) is 23.6 Å². The van der Waals surface area contributed by atoms with Gasteiger partial charge in [0.25, 0.3) is 0 Å². The third-order valence-electron chi connectivity index (χ3n) is 11.2. The lowest BCUT2D eigenvalue weighted by molar-refractivity contribution is -0.169. The number of esters is 1. The van der Waals surface area contributed by atoms with Crippen LogP contribution in [0.4, 0.5) is 0 Å². The Labute approximate surface area is 384 Å². The molecule has 14 nitrogen and oxygen atoms in total. The smallest absolute Gasteiger partial charge is 0.345 e. The lowest BCUT2D eigenvalue weighted by atomic mass is 9.87. The van der Waals surface area contributed by atoms with Gasteiger partial charge in [-0.1, -0.05) is 101 Å². The van der Waals surface area contributed by atoms with E-state index in [2.05, 4.69) is 27.2 Å². The average Bonchev–Trinajstić information content (AvgIpc) is 3.29. The Morgan fingerprint density at radius 3 is 1.85 bits per heavy atom. The number of benzene rings is 3. The lowest BCUT2D eigenvalue weighted by Gasteiger charge is -2.33. The molecular weight excluding hydrogens is 827 g/mol. The van der Waals surface area contributed by atoms with Crippen molar-refractivity contribution < 1.29 is 43.0 Å². The zero-order chi connectivity index (χ0) is 47.4. The molecule has 4 N–H and O–H groups in total. The first-order valence-corrected chi connectivity index (χ1v) is 22.6. The Hall–Kier alpha value is -6.04. The molecule has 65 heavy (non-hydrogen) atoms. The van der Waals surface area contributed by atoms with Gasteiger partial charge in [0, 0.05) is 25.1 Å². The second-order valence-corrected chi connectivity index (χ2v) is 17.5. The van der Waals surface area contributed by atoms with E-state index >= 15 is 0 Å². The number of rotatable bonds is 25. The molecular formula is C51H67N5O9. The second kappa shape index (κ2) is 26.1. The van der Waals surface area contributed by atoms with Crippen molar-refractivity contribution in [2.45, 2.75) is 110 Å². The van der Waals surface area contributed by atoms with Gasteiger partial charge >= 0.3 is 5.97 Å². The highest BCUT2D eigenvalue weighted by Gasteiger charge is 2.42. The van der Waals surface area contributed by atoms with Crippen molar-refractivity contribution in [3.63, 3.8) is 0 Å². The largest absolute Gasteiger partial charge is 0.482 e. The molecule has 1 fully saturated rings. The van der Waals surface area contributed by atoms with E-state index in [1.165, 1.54) is 6.92 Å². The molecule has 350 valence electrons. The molecule has 0 aromatic heterocycles. The van der Waals surface area contributed by atoms with Crippen LogP contribution in [0.25, 0.3) is 0 Å². The summed E-state index contributed by atoms with van der Waals surface area (Å²) in [5.74, 6) is -0.556. The number of morpholine rings is 1. The number of ether oxygens (including phenoxy) is 3. The van der Waals surface area contributed by atoms with Crippen LogP contribution in [0.3, 0.4) is 0 Å². The Kier molecular flexibility index (Phi) is 20.7. The Morgan fingerprint density at radius 2 is 1.26 bits per heavy atom. The molecule has 1 aliphatic rings. The van der Waals surface area contributed by atoms with Crippen LogP contribution in [0.15, 0.2) is 84.9 Å². The molecule has 5 atom stereocenters. The van der Waals surface area contributed by atoms with Crippen LogP contribution >= 0.6 is 0 Å². The highest BCUT2D eigenvalue weighted by molar-refractivity contribution is 5.98. The summed E-state index contributed by atoms with van der Waals surface area (Å²) in [6.45, 7) is 12.7. The summed E-state index contributed by atoms with van der Waals surface area (Å²) in [5.41, 5.74) is 0.757. The number of nitrogens with zero attached hydrogens (tertiary/aromatic N) is 1. The number of amides is 4. The van der Waals surface area contributed by atoms with Crippen LogP contribution in [-0.2, 0) is 51.1 Å². The zero-order valence-corrected chi connectivity index (χ0v) is 38.7. The number of terminal acetylenes is 1. The quantitative estimate of drug-likeness (QED) is 0.0696. The third kappa shape index (κ3) is 17.5. The summed E-state index contributed by atoms with van der Waals surface area (Å²) in [5, 5.41) is 11.6. The highest BCUT2D eigenvalue weighted by atomic mass is 16.6. The van der Waals surface area contributed by atoms with E-state index < -0.39 is 65.8 Å². The molecule has 0 radical (unpaired) electrons. The Balaban J connectivity index is 1.53. The molecule has 0 saturated carbocycles. The van der Waals surface area contributed by atoms with Gasteiger partial charge in [0.1, 0.15) is 23.9 Å². The van der Waals surface area contributed by atoms with Crippen molar-refractivity contribution in [1.82, 2.24) is 26.2 Å². The molecule has 3 aromatic rings. The number of hydrogen-bond acceptors (Lipinski definition) is 10. The van der Waals surface area contributed by atoms with Crippen molar-refractivity contribution in [2.24, 2.45) is 11.8 Å². The number of hydrogen-bond donors (Lipinski definition) is 4. The van der Waals surface area contributed by atoms with Gasteiger partial charge in [-0.25, -0.2) is 4.79 Å². The fourth-order valence-corrected chi connectivity index (χ4v) is 7.44. The van der Waals surface area contributed by atoms with Crippen LogP contribution in [0.5, 0.6) is 5.75 Å².